The summed E-state index contributed by atoms with van der Waals surface area (Å²) in [6, 6.07) is 4.44. The Hall–Kier alpha value is -1.13. The Morgan fingerprint density at radius 2 is 2.41 bits per heavy atom. The highest BCUT2D eigenvalue weighted by molar-refractivity contribution is 5.36. The van der Waals surface area contributed by atoms with E-state index in [0.29, 0.717) is 23.8 Å². The summed E-state index contributed by atoms with van der Waals surface area (Å²) >= 11 is 0. The summed E-state index contributed by atoms with van der Waals surface area (Å²) in [5.41, 5.74) is 6.20. The fraction of sp³-hybridized carbons (Fsp3) is 0.538. The predicted octanol–water partition coefficient (Wildman–Crippen LogP) is 2.26. The van der Waals surface area contributed by atoms with Crippen LogP contribution in [0.5, 0.6) is 5.75 Å². The van der Waals surface area contributed by atoms with E-state index in [-0.39, 0.29) is 11.9 Å². The van der Waals surface area contributed by atoms with Gasteiger partial charge in [0.15, 0.2) is 0 Å². The molecule has 2 atom stereocenters. The molecule has 0 radical (unpaired) electrons. The molecule has 1 aromatic carbocycles. The topological polar surface area (TPSA) is 44.5 Å². The Labute approximate surface area is 101 Å². The molecule has 0 amide bonds. The molecule has 0 bridgehead atoms. The van der Waals surface area contributed by atoms with Crippen molar-refractivity contribution in [1.29, 1.82) is 0 Å². The molecule has 1 aromatic rings. The van der Waals surface area contributed by atoms with Crippen LogP contribution in [0.4, 0.5) is 4.39 Å². The van der Waals surface area contributed by atoms with Gasteiger partial charge in [-0.25, -0.2) is 4.39 Å². The van der Waals surface area contributed by atoms with E-state index in [1.165, 1.54) is 6.07 Å². The minimum atomic E-state index is -0.369. The molecule has 1 aliphatic rings. The molecule has 0 saturated carbocycles. The van der Waals surface area contributed by atoms with Gasteiger partial charge in [0.2, 0.25) is 0 Å². The van der Waals surface area contributed by atoms with E-state index in [1.807, 2.05) is 0 Å². The Balaban J connectivity index is 2.06. The van der Waals surface area contributed by atoms with Gasteiger partial charge in [-0.3, -0.25) is 0 Å². The Morgan fingerprint density at radius 3 is 3.06 bits per heavy atom. The third kappa shape index (κ3) is 2.96. The zero-order chi connectivity index (χ0) is 12.3. The van der Waals surface area contributed by atoms with Gasteiger partial charge < -0.3 is 15.2 Å². The fourth-order valence-corrected chi connectivity index (χ4v) is 2.01. The first-order chi connectivity index (χ1) is 8.18. The smallest absolute Gasteiger partial charge is 0.131 e. The SMILES string of the molecule is C[C@@H](N)c1c(F)cccc1OCC1CCOC1. The quantitative estimate of drug-likeness (QED) is 0.876. The van der Waals surface area contributed by atoms with E-state index >= 15 is 0 Å². The first-order valence-corrected chi connectivity index (χ1v) is 5.93. The molecule has 1 saturated heterocycles. The van der Waals surface area contributed by atoms with Crippen molar-refractivity contribution in [2.45, 2.75) is 19.4 Å². The second kappa shape index (κ2) is 5.47. The summed E-state index contributed by atoms with van der Waals surface area (Å²) < 4.78 is 24.5. The van der Waals surface area contributed by atoms with E-state index in [0.717, 1.165) is 19.6 Å². The van der Waals surface area contributed by atoms with Crippen LogP contribution in [0.2, 0.25) is 0 Å². The lowest BCUT2D eigenvalue weighted by Gasteiger charge is -2.16. The lowest BCUT2D eigenvalue weighted by atomic mass is 10.1. The number of nitrogens with two attached hydrogens (primary N) is 1. The summed E-state index contributed by atoms with van der Waals surface area (Å²) in [4.78, 5) is 0. The molecule has 17 heavy (non-hydrogen) atoms. The van der Waals surface area contributed by atoms with E-state index in [1.54, 1.807) is 19.1 Å². The summed E-state index contributed by atoms with van der Waals surface area (Å²) in [6.07, 6.45) is 1.00. The van der Waals surface area contributed by atoms with Gasteiger partial charge in [-0.15, -0.1) is 0 Å². The second-order valence-corrected chi connectivity index (χ2v) is 4.48. The maximum absolute atomic E-state index is 13.6. The summed E-state index contributed by atoms with van der Waals surface area (Å²) in [6.45, 7) is 3.83. The molecular weight excluding hydrogens is 221 g/mol. The monoisotopic (exact) mass is 239 g/mol. The highest BCUT2D eigenvalue weighted by atomic mass is 19.1. The minimum Gasteiger partial charge on any atom is -0.493 e. The molecule has 2 rings (SSSR count). The van der Waals surface area contributed by atoms with Crippen LogP contribution in [0.3, 0.4) is 0 Å². The van der Waals surface area contributed by atoms with E-state index < -0.39 is 0 Å². The first kappa shape index (κ1) is 12.3. The number of benzene rings is 1. The van der Waals surface area contributed by atoms with Crippen LogP contribution < -0.4 is 10.5 Å². The molecule has 1 aliphatic heterocycles. The molecule has 1 heterocycles. The predicted molar refractivity (Wildman–Crippen MR) is 63.4 cm³/mol. The van der Waals surface area contributed by atoms with E-state index in [9.17, 15) is 4.39 Å². The highest BCUT2D eigenvalue weighted by Crippen LogP contribution is 2.27. The summed E-state index contributed by atoms with van der Waals surface area (Å²) in [5.74, 6) is 0.645. The van der Waals surface area contributed by atoms with Crippen LogP contribution in [0.1, 0.15) is 24.9 Å². The standard InChI is InChI=1S/C13H18FNO2/c1-9(15)13-11(14)3-2-4-12(13)17-8-10-5-6-16-7-10/h2-4,9-10H,5-8,15H2,1H3/t9-,10?/m1/s1. The molecule has 4 heteroatoms. The number of hydrogen-bond acceptors (Lipinski definition) is 3. The van der Waals surface area contributed by atoms with Crippen molar-refractivity contribution in [3.05, 3.63) is 29.6 Å². The summed E-state index contributed by atoms with van der Waals surface area (Å²) in [7, 11) is 0. The van der Waals surface area contributed by atoms with Crippen molar-refractivity contribution in [1.82, 2.24) is 0 Å². The lowest BCUT2D eigenvalue weighted by Crippen LogP contribution is -2.15. The third-order valence-electron chi connectivity index (χ3n) is 2.97. The van der Waals surface area contributed by atoms with Crippen molar-refractivity contribution < 1.29 is 13.9 Å². The summed E-state index contributed by atoms with van der Waals surface area (Å²) in [5, 5.41) is 0. The first-order valence-electron chi connectivity index (χ1n) is 5.93. The van der Waals surface area contributed by atoms with Crippen molar-refractivity contribution in [2.24, 2.45) is 11.7 Å². The average molecular weight is 239 g/mol. The Bertz CT molecular complexity index is 376. The average Bonchev–Trinajstić information content (AvgIpc) is 2.78. The zero-order valence-corrected chi connectivity index (χ0v) is 9.99. The molecule has 0 aromatic heterocycles. The number of rotatable bonds is 4. The van der Waals surface area contributed by atoms with E-state index in [2.05, 4.69) is 0 Å². The highest BCUT2D eigenvalue weighted by Gasteiger charge is 2.18. The van der Waals surface area contributed by atoms with Gasteiger partial charge in [0, 0.05) is 24.1 Å². The van der Waals surface area contributed by atoms with Crippen molar-refractivity contribution in [2.75, 3.05) is 19.8 Å². The Morgan fingerprint density at radius 1 is 1.59 bits per heavy atom. The van der Waals surface area contributed by atoms with Crippen LogP contribution in [0, 0.1) is 11.7 Å². The largest absolute Gasteiger partial charge is 0.493 e. The fourth-order valence-electron chi connectivity index (χ4n) is 2.01. The van der Waals surface area contributed by atoms with Crippen molar-refractivity contribution in [3.8, 4) is 5.75 Å². The molecule has 94 valence electrons. The van der Waals surface area contributed by atoms with E-state index in [4.69, 9.17) is 15.2 Å². The lowest BCUT2D eigenvalue weighted by molar-refractivity contribution is 0.166. The van der Waals surface area contributed by atoms with Gasteiger partial charge in [0.1, 0.15) is 11.6 Å². The van der Waals surface area contributed by atoms with Crippen LogP contribution in [0.15, 0.2) is 18.2 Å². The van der Waals surface area contributed by atoms with Crippen molar-refractivity contribution in [3.63, 3.8) is 0 Å². The normalized spacial score (nSPS) is 21.5. The van der Waals surface area contributed by atoms with Crippen LogP contribution in [-0.4, -0.2) is 19.8 Å². The maximum atomic E-state index is 13.6. The second-order valence-electron chi connectivity index (χ2n) is 4.48. The van der Waals surface area contributed by atoms with Crippen molar-refractivity contribution >= 4 is 0 Å². The molecular formula is C13H18FNO2. The molecule has 1 unspecified atom stereocenters. The van der Waals surface area contributed by atoms with Crippen LogP contribution in [0.25, 0.3) is 0 Å². The minimum absolute atomic E-state index is 0.305. The molecule has 3 nitrogen and oxygen atoms in total. The Kier molecular flexibility index (Phi) is 3.97. The number of hydrogen-bond donors (Lipinski definition) is 1. The van der Waals surface area contributed by atoms with Gasteiger partial charge >= 0.3 is 0 Å². The van der Waals surface area contributed by atoms with Crippen LogP contribution in [-0.2, 0) is 4.74 Å². The van der Waals surface area contributed by atoms with Gasteiger partial charge in [0.25, 0.3) is 0 Å². The number of halogens is 1. The zero-order valence-electron chi connectivity index (χ0n) is 9.99. The molecule has 2 N–H and O–H groups in total. The maximum Gasteiger partial charge on any atom is 0.131 e. The molecule has 0 aliphatic carbocycles. The van der Waals surface area contributed by atoms with Gasteiger partial charge in [-0.2, -0.15) is 0 Å². The van der Waals surface area contributed by atoms with Crippen LogP contribution >= 0.6 is 0 Å². The molecule has 1 fully saturated rings. The molecule has 0 spiro atoms. The third-order valence-corrected chi connectivity index (χ3v) is 2.97. The van der Waals surface area contributed by atoms with Gasteiger partial charge in [0.05, 0.1) is 13.2 Å². The number of ether oxygens (including phenoxy) is 2. The van der Waals surface area contributed by atoms with Gasteiger partial charge in [-0.1, -0.05) is 6.07 Å². The van der Waals surface area contributed by atoms with Gasteiger partial charge in [-0.05, 0) is 25.5 Å².